The van der Waals surface area contributed by atoms with E-state index >= 15 is 0 Å². The predicted octanol–water partition coefficient (Wildman–Crippen LogP) is 1.94. The molecule has 1 aliphatic rings. The molecule has 3 rings (SSSR count). The van der Waals surface area contributed by atoms with Crippen LogP contribution >= 0.6 is 11.6 Å². The first-order chi connectivity index (χ1) is 13.5. The second-order valence-electron chi connectivity index (χ2n) is 6.40. The number of halogens is 1. The molecule has 8 heteroatoms. The molecule has 7 nitrogen and oxygen atoms in total. The van der Waals surface area contributed by atoms with Crippen LogP contribution in [-0.2, 0) is 9.59 Å². The van der Waals surface area contributed by atoms with Crippen LogP contribution in [0, 0.1) is 5.92 Å². The van der Waals surface area contributed by atoms with Crippen LogP contribution in [0.5, 0.6) is 5.75 Å². The highest BCUT2D eigenvalue weighted by Gasteiger charge is 2.37. The number of carbonyl (C=O) groups excluding carboxylic acids is 3. The number of hydrogen-bond acceptors (Lipinski definition) is 4. The van der Waals surface area contributed by atoms with Gasteiger partial charge in [0, 0.05) is 35.9 Å². The summed E-state index contributed by atoms with van der Waals surface area (Å²) in [6.45, 7) is 0.913. The molecule has 1 heterocycles. The number of amides is 3. The minimum atomic E-state index is -0.733. The van der Waals surface area contributed by atoms with Crippen molar-refractivity contribution in [1.29, 1.82) is 0 Å². The molecule has 0 aliphatic carbocycles. The number of nitrogens with one attached hydrogen (secondary N) is 2. The van der Waals surface area contributed by atoms with Gasteiger partial charge in [-0.05, 0) is 55.0 Å². The van der Waals surface area contributed by atoms with E-state index in [0.717, 1.165) is 0 Å². The molecule has 146 valence electrons. The molecule has 0 spiro atoms. The van der Waals surface area contributed by atoms with Gasteiger partial charge in [-0.1, -0.05) is 11.6 Å². The van der Waals surface area contributed by atoms with Gasteiger partial charge in [-0.15, -0.1) is 0 Å². The van der Waals surface area contributed by atoms with Gasteiger partial charge in [0.15, 0.2) is 0 Å². The summed E-state index contributed by atoms with van der Waals surface area (Å²) in [4.78, 5) is 38.4. The highest BCUT2D eigenvalue weighted by Crippen LogP contribution is 2.26. The minimum Gasteiger partial charge on any atom is -0.508 e. The zero-order chi connectivity index (χ0) is 20.1. The number of nitrogens with zero attached hydrogens (tertiary/aromatic N) is 1. The molecule has 0 saturated carbocycles. The normalized spacial score (nSPS) is 16.1. The summed E-state index contributed by atoms with van der Waals surface area (Å²) < 4.78 is 0. The van der Waals surface area contributed by atoms with Crippen molar-refractivity contribution >= 4 is 35.0 Å². The van der Waals surface area contributed by atoms with Crippen LogP contribution in [0.1, 0.15) is 16.8 Å². The van der Waals surface area contributed by atoms with E-state index in [4.69, 9.17) is 11.6 Å². The zero-order valence-corrected chi connectivity index (χ0v) is 15.8. The van der Waals surface area contributed by atoms with Crippen molar-refractivity contribution < 1.29 is 19.5 Å². The third kappa shape index (κ3) is 4.61. The van der Waals surface area contributed by atoms with Gasteiger partial charge in [0.1, 0.15) is 11.7 Å². The number of benzene rings is 2. The highest BCUT2D eigenvalue weighted by molar-refractivity contribution is 6.30. The van der Waals surface area contributed by atoms with Crippen molar-refractivity contribution in [2.45, 2.75) is 6.42 Å². The van der Waals surface area contributed by atoms with Gasteiger partial charge in [-0.3, -0.25) is 14.4 Å². The number of phenols is 1. The number of phenolic OH excluding ortho intramolecular Hbond substituents is 1. The summed E-state index contributed by atoms with van der Waals surface area (Å²) in [7, 11) is 0. The van der Waals surface area contributed by atoms with E-state index in [1.165, 1.54) is 24.3 Å². The predicted molar refractivity (Wildman–Crippen MR) is 105 cm³/mol. The van der Waals surface area contributed by atoms with Gasteiger partial charge in [0.05, 0.1) is 0 Å². The number of rotatable bonds is 6. The summed E-state index contributed by atoms with van der Waals surface area (Å²) in [6, 6.07) is 12.8. The Morgan fingerprint density at radius 2 is 1.68 bits per heavy atom. The molecule has 0 bridgehead atoms. The van der Waals surface area contributed by atoms with Crippen molar-refractivity contribution in [3.8, 4) is 5.75 Å². The first-order valence-corrected chi connectivity index (χ1v) is 9.25. The lowest BCUT2D eigenvalue weighted by atomic mass is 10.1. The number of hydrogen-bond donors (Lipinski definition) is 3. The van der Waals surface area contributed by atoms with E-state index in [9.17, 15) is 19.5 Å². The van der Waals surface area contributed by atoms with Crippen molar-refractivity contribution in [2.24, 2.45) is 5.92 Å². The maximum atomic E-state index is 12.5. The van der Waals surface area contributed by atoms with Crippen molar-refractivity contribution in [2.75, 3.05) is 24.5 Å². The Morgan fingerprint density at radius 1 is 1.04 bits per heavy atom. The fraction of sp³-hybridized carbons (Fsp3) is 0.250. The maximum absolute atomic E-state index is 12.5. The smallest absolute Gasteiger partial charge is 0.251 e. The fourth-order valence-corrected chi connectivity index (χ4v) is 3.13. The molecule has 1 fully saturated rings. The van der Waals surface area contributed by atoms with Crippen LogP contribution in [0.2, 0.25) is 5.02 Å². The summed E-state index contributed by atoms with van der Waals surface area (Å²) in [5.41, 5.74) is 1.12. The van der Waals surface area contributed by atoms with Crippen molar-refractivity contribution in [1.82, 2.24) is 10.6 Å². The van der Waals surface area contributed by atoms with Crippen LogP contribution < -0.4 is 15.5 Å². The Hall–Kier alpha value is -3.06. The van der Waals surface area contributed by atoms with Gasteiger partial charge in [0.25, 0.3) is 5.91 Å². The molecular formula is C20H20ClN3O4. The fourth-order valence-electron chi connectivity index (χ4n) is 3.00. The quantitative estimate of drug-likeness (QED) is 0.509. The van der Waals surface area contributed by atoms with Gasteiger partial charge in [0.2, 0.25) is 11.8 Å². The summed E-state index contributed by atoms with van der Waals surface area (Å²) in [6.07, 6.45) is 0.438. The monoisotopic (exact) mass is 401 g/mol. The number of anilines is 1. The lowest BCUT2D eigenvalue weighted by molar-refractivity contribution is -0.132. The van der Waals surface area contributed by atoms with Crippen LogP contribution in [0.15, 0.2) is 48.5 Å². The first-order valence-electron chi connectivity index (χ1n) is 8.87. The van der Waals surface area contributed by atoms with Crippen molar-refractivity contribution in [3.05, 3.63) is 59.1 Å². The Balaban J connectivity index is 1.45. The molecule has 0 radical (unpaired) electrons. The van der Waals surface area contributed by atoms with Gasteiger partial charge < -0.3 is 20.6 Å². The van der Waals surface area contributed by atoms with Gasteiger partial charge in [-0.25, -0.2) is 0 Å². The molecule has 1 atom stereocenters. The largest absolute Gasteiger partial charge is 0.508 e. The first kappa shape index (κ1) is 19.7. The Labute approximate surface area is 167 Å². The number of carbonyl (C=O) groups is 3. The summed E-state index contributed by atoms with van der Waals surface area (Å²) >= 11 is 5.86. The van der Waals surface area contributed by atoms with E-state index < -0.39 is 5.92 Å². The van der Waals surface area contributed by atoms with Crippen LogP contribution in [-0.4, -0.2) is 42.5 Å². The highest BCUT2D eigenvalue weighted by atomic mass is 35.5. The van der Waals surface area contributed by atoms with Gasteiger partial charge >= 0.3 is 0 Å². The van der Waals surface area contributed by atoms with E-state index in [1.54, 1.807) is 29.2 Å². The van der Waals surface area contributed by atoms with Crippen LogP contribution in [0.4, 0.5) is 5.69 Å². The minimum absolute atomic E-state index is 0.0812. The maximum Gasteiger partial charge on any atom is 0.251 e. The molecule has 0 aromatic heterocycles. The SMILES string of the molecule is O=C(NCCNC(=O)C1CCN(c2ccc(Cl)cc2)C1=O)c1ccc(O)cc1. The summed E-state index contributed by atoms with van der Waals surface area (Å²) in [5, 5.41) is 15.2. The molecule has 3 N–H and O–H groups in total. The lowest BCUT2D eigenvalue weighted by Crippen LogP contribution is -2.40. The molecule has 1 unspecified atom stereocenters. The van der Waals surface area contributed by atoms with Crippen molar-refractivity contribution in [3.63, 3.8) is 0 Å². The van der Waals surface area contributed by atoms with E-state index in [-0.39, 0.29) is 36.6 Å². The van der Waals surface area contributed by atoms with Gasteiger partial charge in [-0.2, -0.15) is 0 Å². The van der Waals surface area contributed by atoms with E-state index in [0.29, 0.717) is 29.2 Å². The Bertz CT molecular complexity index is 868. The molecule has 3 amide bonds. The zero-order valence-electron chi connectivity index (χ0n) is 15.0. The molecule has 1 aliphatic heterocycles. The standard InChI is InChI=1S/C20H20ClN3O4/c21-14-3-5-15(6-4-14)24-12-9-17(20(24)28)19(27)23-11-10-22-18(26)13-1-7-16(25)8-2-13/h1-8,17,25H,9-12H2,(H,22,26)(H,23,27). The average Bonchev–Trinajstić information content (AvgIpc) is 3.07. The Morgan fingerprint density at radius 3 is 2.36 bits per heavy atom. The second-order valence-corrected chi connectivity index (χ2v) is 6.84. The van der Waals surface area contributed by atoms with E-state index in [2.05, 4.69) is 10.6 Å². The molecule has 28 heavy (non-hydrogen) atoms. The van der Waals surface area contributed by atoms with E-state index in [1.807, 2.05) is 0 Å². The molecule has 1 saturated heterocycles. The van der Waals surface area contributed by atoms with Crippen LogP contribution in [0.25, 0.3) is 0 Å². The summed E-state index contributed by atoms with van der Waals surface area (Å²) in [5.74, 6) is -1.55. The molecule has 2 aromatic carbocycles. The Kier molecular flexibility index (Phi) is 6.16. The topological polar surface area (TPSA) is 98.7 Å². The second kappa shape index (κ2) is 8.75. The number of aromatic hydroxyl groups is 1. The average molecular weight is 402 g/mol. The molecular weight excluding hydrogens is 382 g/mol. The van der Waals surface area contributed by atoms with Crippen LogP contribution in [0.3, 0.4) is 0 Å². The third-order valence-corrected chi connectivity index (χ3v) is 4.75. The third-order valence-electron chi connectivity index (χ3n) is 4.50. The lowest BCUT2D eigenvalue weighted by Gasteiger charge is -2.17. The molecule has 2 aromatic rings.